The monoisotopic (exact) mass is 398 g/mol. The van der Waals surface area contributed by atoms with Crippen LogP contribution >= 0.6 is 23.4 Å². The summed E-state index contributed by atoms with van der Waals surface area (Å²) in [5, 5.41) is 10.8. The molecule has 2 aromatic carbocycles. The number of halogens is 1. The first-order valence-corrected chi connectivity index (χ1v) is 10.2. The number of amidine groups is 1. The summed E-state index contributed by atoms with van der Waals surface area (Å²) in [5.74, 6) is 0.315. The van der Waals surface area contributed by atoms with Crippen LogP contribution in [0.25, 0.3) is 0 Å². The minimum absolute atomic E-state index is 0.00440. The van der Waals surface area contributed by atoms with Gasteiger partial charge in [-0.25, -0.2) is 10.0 Å². The van der Waals surface area contributed by atoms with Crippen LogP contribution in [0, 0.1) is 0 Å². The maximum absolute atomic E-state index is 12.2. The molecule has 2 aliphatic rings. The van der Waals surface area contributed by atoms with Gasteiger partial charge in [0.25, 0.3) is 0 Å². The Bertz CT molecular complexity index is 897. The number of nitrogens with one attached hydrogen (secondary N) is 1. The van der Waals surface area contributed by atoms with Crippen LogP contribution in [0.1, 0.15) is 23.6 Å². The van der Waals surface area contributed by atoms with Gasteiger partial charge in [-0.05, 0) is 30.2 Å². The van der Waals surface area contributed by atoms with Crippen molar-refractivity contribution in [1.29, 1.82) is 0 Å². The molecule has 1 unspecified atom stereocenters. The molecular formula is C20H19ClN4OS. The summed E-state index contributed by atoms with van der Waals surface area (Å²) < 4.78 is 0. The number of para-hydroxylation sites is 1. The lowest BCUT2D eigenvalue weighted by molar-refractivity contribution is -0.118. The first-order chi connectivity index (χ1) is 13.2. The highest BCUT2D eigenvalue weighted by Crippen LogP contribution is 2.40. The van der Waals surface area contributed by atoms with Crippen LogP contribution in [-0.2, 0) is 11.2 Å². The van der Waals surface area contributed by atoms with E-state index in [0.717, 1.165) is 34.3 Å². The molecule has 0 radical (unpaired) electrons. The molecule has 1 amide bonds. The van der Waals surface area contributed by atoms with Crippen LogP contribution in [0.3, 0.4) is 0 Å². The van der Waals surface area contributed by atoms with E-state index in [4.69, 9.17) is 16.6 Å². The van der Waals surface area contributed by atoms with Crippen LogP contribution in [0.2, 0.25) is 5.02 Å². The summed E-state index contributed by atoms with van der Waals surface area (Å²) in [6.07, 6.45) is 3.55. The van der Waals surface area contributed by atoms with Crippen molar-refractivity contribution < 1.29 is 4.79 Å². The number of thioether (sulfide) groups is 1. The third-order valence-electron chi connectivity index (χ3n) is 4.52. The standard InChI is InChI=1S/C20H19ClN4OS/c21-15-7-5-14(6-8-15)9-11-22-19(26)13-27-20-24-17-4-2-1-3-16(17)18-10-12-23-25(18)20/h1-8,12,18H,9-11,13H2,(H,22,26). The third kappa shape index (κ3) is 4.17. The zero-order valence-corrected chi connectivity index (χ0v) is 16.2. The normalized spacial score (nSPS) is 17.3. The predicted molar refractivity (Wildman–Crippen MR) is 112 cm³/mol. The fourth-order valence-electron chi connectivity index (χ4n) is 3.16. The number of benzene rings is 2. The summed E-state index contributed by atoms with van der Waals surface area (Å²) in [6.45, 7) is 0.598. The van der Waals surface area contributed by atoms with E-state index >= 15 is 0 Å². The van der Waals surface area contributed by atoms with E-state index in [0.29, 0.717) is 12.3 Å². The Balaban J connectivity index is 1.31. The van der Waals surface area contributed by atoms with Gasteiger partial charge in [0, 0.05) is 29.8 Å². The van der Waals surface area contributed by atoms with Gasteiger partial charge in [0.05, 0.1) is 17.5 Å². The smallest absolute Gasteiger partial charge is 0.230 e. The van der Waals surface area contributed by atoms with Gasteiger partial charge in [0.2, 0.25) is 5.91 Å². The largest absolute Gasteiger partial charge is 0.355 e. The second kappa shape index (κ2) is 8.15. The quantitative estimate of drug-likeness (QED) is 0.822. The van der Waals surface area contributed by atoms with Gasteiger partial charge in [0.15, 0.2) is 5.17 Å². The number of hydrogen-bond acceptors (Lipinski definition) is 5. The van der Waals surface area contributed by atoms with E-state index in [1.54, 1.807) is 0 Å². The van der Waals surface area contributed by atoms with E-state index in [9.17, 15) is 4.79 Å². The van der Waals surface area contributed by atoms with Gasteiger partial charge in [-0.15, -0.1) is 0 Å². The molecule has 0 saturated carbocycles. The molecule has 0 bridgehead atoms. The Hall–Kier alpha value is -2.31. The van der Waals surface area contributed by atoms with Crippen molar-refractivity contribution in [3.8, 4) is 0 Å². The minimum Gasteiger partial charge on any atom is -0.355 e. The highest BCUT2D eigenvalue weighted by Gasteiger charge is 2.32. The molecule has 1 N–H and O–H groups in total. The summed E-state index contributed by atoms with van der Waals surface area (Å²) in [7, 11) is 0. The van der Waals surface area contributed by atoms with Crippen LogP contribution < -0.4 is 5.32 Å². The van der Waals surface area contributed by atoms with Crippen molar-refractivity contribution in [3.05, 3.63) is 64.7 Å². The van der Waals surface area contributed by atoms with Gasteiger partial charge < -0.3 is 5.32 Å². The Morgan fingerprint density at radius 3 is 2.89 bits per heavy atom. The number of nitrogens with zero attached hydrogens (tertiary/aromatic N) is 3. The molecule has 0 saturated heterocycles. The zero-order valence-electron chi connectivity index (χ0n) is 14.6. The second-order valence-electron chi connectivity index (χ2n) is 6.36. The van der Waals surface area contributed by atoms with Gasteiger partial charge in [-0.3, -0.25) is 4.79 Å². The van der Waals surface area contributed by atoms with Gasteiger partial charge in [-0.2, -0.15) is 5.10 Å². The van der Waals surface area contributed by atoms with Crippen molar-refractivity contribution >= 4 is 46.3 Å². The third-order valence-corrected chi connectivity index (χ3v) is 5.71. The molecule has 0 aliphatic carbocycles. The minimum atomic E-state index is -0.00440. The molecular weight excluding hydrogens is 380 g/mol. The maximum Gasteiger partial charge on any atom is 0.230 e. The second-order valence-corrected chi connectivity index (χ2v) is 7.74. The zero-order chi connectivity index (χ0) is 18.6. The summed E-state index contributed by atoms with van der Waals surface area (Å²) >= 11 is 7.31. The van der Waals surface area contributed by atoms with Crippen LogP contribution in [0.15, 0.2) is 58.6 Å². The van der Waals surface area contributed by atoms with Crippen molar-refractivity contribution in [1.82, 2.24) is 10.3 Å². The Morgan fingerprint density at radius 2 is 2.04 bits per heavy atom. The average molecular weight is 399 g/mol. The van der Waals surface area contributed by atoms with E-state index < -0.39 is 0 Å². The van der Waals surface area contributed by atoms with Gasteiger partial charge in [-0.1, -0.05) is 53.7 Å². The molecule has 1 atom stereocenters. The molecule has 2 heterocycles. The van der Waals surface area contributed by atoms with Crippen LogP contribution in [-0.4, -0.2) is 34.6 Å². The topological polar surface area (TPSA) is 57.1 Å². The molecule has 27 heavy (non-hydrogen) atoms. The maximum atomic E-state index is 12.2. The SMILES string of the molecule is O=C(CSC1=Nc2ccccc2C2CC=NN12)NCCc1ccc(Cl)cc1. The Morgan fingerprint density at radius 1 is 1.22 bits per heavy atom. The van der Waals surface area contributed by atoms with E-state index in [1.807, 2.05) is 53.7 Å². The summed E-state index contributed by atoms with van der Waals surface area (Å²) in [4.78, 5) is 16.9. The number of rotatable bonds is 5. The van der Waals surface area contributed by atoms with Crippen molar-refractivity contribution in [3.63, 3.8) is 0 Å². The van der Waals surface area contributed by atoms with E-state index in [1.165, 1.54) is 17.3 Å². The first kappa shape index (κ1) is 18.1. The van der Waals surface area contributed by atoms with Crippen molar-refractivity contribution in [2.75, 3.05) is 12.3 Å². The number of hydrogen-bond donors (Lipinski definition) is 1. The molecule has 0 fully saturated rings. The molecule has 7 heteroatoms. The lowest BCUT2D eigenvalue weighted by atomic mass is 10.0. The van der Waals surface area contributed by atoms with E-state index in [-0.39, 0.29) is 11.9 Å². The average Bonchev–Trinajstić information content (AvgIpc) is 3.18. The molecule has 0 spiro atoms. The number of carbonyl (C=O) groups is 1. The lowest BCUT2D eigenvalue weighted by Crippen LogP contribution is -2.31. The molecule has 2 aromatic rings. The lowest BCUT2D eigenvalue weighted by Gasteiger charge is -2.29. The first-order valence-electron chi connectivity index (χ1n) is 8.84. The summed E-state index contributed by atoms with van der Waals surface area (Å²) in [5.41, 5.74) is 3.30. The Kier molecular flexibility index (Phi) is 5.45. The number of amides is 1. The number of carbonyl (C=O) groups excluding carboxylic acids is 1. The van der Waals surface area contributed by atoms with Crippen LogP contribution in [0.5, 0.6) is 0 Å². The van der Waals surface area contributed by atoms with Gasteiger partial charge >= 0.3 is 0 Å². The Labute approximate surface area is 167 Å². The summed E-state index contributed by atoms with van der Waals surface area (Å²) in [6, 6.07) is 16.0. The van der Waals surface area contributed by atoms with Gasteiger partial charge in [0.1, 0.15) is 0 Å². The number of aliphatic imine (C=N–C) groups is 1. The highest BCUT2D eigenvalue weighted by atomic mass is 35.5. The highest BCUT2D eigenvalue weighted by molar-refractivity contribution is 8.14. The van der Waals surface area contributed by atoms with Crippen molar-refractivity contribution in [2.24, 2.45) is 10.1 Å². The van der Waals surface area contributed by atoms with E-state index in [2.05, 4.69) is 16.5 Å². The van der Waals surface area contributed by atoms with Crippen molar-refractivity contribution in [2.45, 2.75) is 18.9 Å². The molecule has 5 nitrogen and oxygen atoms in total. The van der Waals surface area contributed by atoms with Crippen LogP contribution in [0.4, 0.5) is 5.69 Å². The number of hydrazone groups is 1. The predicted octanol–water partition coefficient (Wildman–Crippen LogP) is 4.17. The molecule has 4 rings (SSSR count). The fraction of sp³-hybridized carbons (Fsp3) is 0.250. The number of fused-ring (bicyclic) bond motifs is 3. The molecule has 0 aromatic heterocycles. The molecule has 138 valence electrons. The molecule has 2 aliphatic heterocycles. The fourth-order valence-corrected chi connectivity index (χ4v) is 4.12.